The fourth-order valence-electron chi connectivity index (χ4n) is 3.74. The normalized spacial score (nSPS) is 17.7. The van der Waals surface area contributed by atoms with Crippen LogP contribution in [0, 0.1) is 6.92 Å². The van der Waals surface area contributed by atoms with Gasteiger partial charge in [-0.25, -0.2) is 8.42 Å². The highest BCUT2D eigenvalue weighted by Crippen LogP contribution is 2.24. The fourth-order valence-corrected chi connectivity index (χ4v) is 5.74. The summed E-state index contributed by atoms with van der Waals surface area (Å²) in [6.45, 7) is 5.76. The molecule has 1 amide bonds. The van der Waals surface area contributed by atoms with Crippen molar-refractivity contribution in [3.05, 3.63) is 48.0 Å². The van der Waals surface area contributed by atoms with Crippen LogP contribution >= 0.6 is 11.7 Å². The molecule has 1 aromatic heterocycles. The van der Waals surface area contributed by atoms with Crippen LogP contribution in [0.15, 0.2) is 47.4 Å². The van der Waals surface area contributed by atoms with Crippen LogP contribution in [0.3, 0.4) is 0 Å². The Kier molecular flexibility index (Phi) is 5.26. The summed E-state index contributed by atoms with van der Waals surface area (Å²) in [4.78, 5) is 16.8. The Balaban J connectivity index is 1.47. The second-order valence-corrected chi connectivity index (χ2v) is 9.85. The van der Waals surface area contributed by atoms with E-state index in [2.05, 4.69) is 45.7 Å². The summed E-state index contributed by atoms with van der Waals surface area (Å²) in [5.41, 5.74) is 3.18. The van der Waals surface area contributed by atoms with Gasteiger partial charge < -0.3 is 9.80 Å². The second kappa shape index (κ2) is 7.72. The molecule has 0 spiro atoms. The highest BCUT2D eigenvalue weighted by Gasteiger charge is 2.31. The summed E-state index contributed by atoms with van der Waals surface area (Å²) in [5, 5.41) is 0. The Morgan fingerprint density at radius 2 is 1.97 bits per heavy atom. The minimum atomic E-state index is -3.79. The third-order valence-corrected chi connectivity index (χ3v) is 7.38. The van der Waals surface area contributed by atoms with E-state index >= 15 is 0 Å². The molecular weight excluding hydrogens is 408 g/mol. The predicted molar refractivity (Wildman–Crippen MR) is 114 cm³/mol. The molecular formula is C20H22N4O3S2. The van der Waals surface area contributed by atoms with Gasteiger partial charge in [-0.3, -0.25) is 4.79 Å². The largest absolute Gasteiger partial charge is 0.365 e. The van der Waals surface area contributed by atoms with Gasteiger partial charge in [0, 0.05) is 31.4 Å². The molecule has 0 saturated carbocycles. The van der Waals surface area contributed by atoms with Gasteiger partial charge >= 0.3 is 0 Å². The van der Waals surface area contributed by atoms with Gasteiger partial charge in [0.25, 0.3) is 0 Å². The summed E-state index contributed by atoms with van der Waals surface area (Å²) < 4.78 is 33.9. The maximum Gasteiger partial charge on any atom is 0.238 e. The molecule has 0 N–H and O–H groups in total. The average molecular weight is 431 g/mol. The van der Waals surface area contributed by atoms with Crippen molar-refractivity contribution in [2.45, 2.75) is 24.8 Å². The Labute approximate surface area is 174 Å². The van der Waals surface area contributed by atoms with Crippen LogP contribution in [0.4, 0.5) is 5.69 Å². The minimum absolute atomic E-state index is 0.0727. The van der Waals surface area contributed by atoms with E-state index in [9.17, 15) is 13.2 Å². The van der Waals surface area contributed by atoms with Gasteiger partial charge in [0.1, 0.15) is 16.8 Å². The number of carbonyl (C=O) groups excluding carboxylic acids is 1. The minimum Gasteiger partial charge on any atom is -0.365 e. The number of anilines is 1. The van der Waals surface area contributed by atoms with Crippen molar-refractivity contribution in [1.29, 1.82) is 0 Å². The molecule has 1 atom stereocenters. The van der Waals surface area contributed by atoms with E-state index in [-0.39, 0.29) is 16.8 Å². The highest BCUT2D eigenvalue weighted by molar-refractivity contribution is 7.92. The predicted octanol–water partition coefficient (Wildman–Crippen LogP) is 2.51. The fraction of sp³-hybridized carbons (Fsp3) is 0.350. The standard InChI is InChI=1S/C20H22N4O3S2/c1-14-5-3-6-16(11-14)24-10-9-23(12-15(24)2)19(25)13-29(26,27)18-8-4-7-17-20(18)22-28-21-17/h3-8,11,15H,9-10,12-13H2,1-2H3/t15-/m0/s1. The summed E-state index contributed by atoms with van der Waals surface area (Å²) in [6.07, 6.45) is 0. The highest BCUT2D eigenvalue weighted by atomic mass is 32.2. The molecule has 9 heteroatoms. The first-order valence-electron chi connectivity index (χ1n) is 9.40. The molecule has 1 aliphatic rings. The molecule has 0 unspecified atom stereocenters. The quantitative estimate of drug-likeness (QED) is 0.632. The molecule has 0 aliphatic carbocycles. The van der Waals surface area contributed by atoms with Crippen molar-refractivity contribution in [3.8, 4) is 0 Å². The van der Waals surface area contributed by atoms with Crippen LogP contribution in [0.1, 0.15) is 12.5 Å². The van der Waals surface area contributed by atoms with Crippen LogP contribution in [0.5, 0.6) is 0 Å². The third kappa shape index (κ3) is 3.97. The lowest BCUT2D eigenvalue weighted by molar-refractivity contribution is -0.129. The molecule has 3 aromatic rings. The van der Waals surface area contributed by atoms with Crippen molar-refractivity contribution < 1.29 is 13.2 Å². The molecule has 4 rings (SSSR count). The Hall–Kier alpha value is -2.52. The van der Waals surface area contributed by atoms with Crippen molar-refractivity contribution in [1.82, 2.24) is 13.6 Å². The number of piperazine rings is 1. The van der Waals surface area contributed by atoms with E-state index in [0.29, 0.717) is 30.7 Å². The van der Waals surface area contributed by atoms with E-state index in [1.807, 2.05) is 6.07 Å². The first-order chi connectivity index (χ1) is 13.8. The molecule has 2 aromatic carbocycles. The zero-order chi connectivity index (χ0) is 20.6. The number of aryl methyl sites for hydroxylation is 1. The number of fused-ring (bicyclic) bond motifs is 1. The second-order valence-electron chi connectivity index (χ2n) is 7.37. The zero-order valence-corrected chi connectivity index (χ0v) is 17.9. The maximum atomic E-state index is 12.9. The van der Waals surface area contributed by atoms with Gasteiger partial charge in [-0.1, -0.05) is 18.2 Å². The van der Waals surface area contributed by atoms with E-state index in [4.69, 9.17) is 0 Å². The van der Waals surface area contributed by atoms with Crippen LogP contribution in [0.2, 0.25) is 0 Å². The number of hydrogen-bond acceptors (Lipinski definition) is 7. The first kappa shape index (κ1) is 19.8. The lowest BCUT2D eigenvalue weighted by Gasteiger charge is -2.41. The number of sulfone groups is 1. The van der Waals surface area contributed by atoms with Crippen molar-refractivity contribution in [2.75, 3.05) is 30.3 Å². The summed E-state index contributed by atoms with van der Waals surface area (Å²) in [7, 11) is -3.79. The first-order valence-corrected chi connectivity index (χ1v) is 11.8. The maximum absolute atomic E-state index is 12.9. The lowest BCUT2D eigenvalue weighted by atomic mass is 10.1. The lowest BCUT2D eigenvalue weighted by Crippen LogP contribution is -2.54. The zero-order valence-electron chi connectivity index (χ0n) is 16.3. The Morgan fingerprint density at radius 1 is 1.17 bits per heavy atom. The molecule has 29 heavy (non-hydrogen) atoms. The van der Waals surface area contributed by atoms with Gasteiger partial charge in [0.05, 0.1) is 16.6 Å². The van der Waals surface area contributed by atoms with Crippen LogP contribution in [0.25, 0.3) is 11.0 Å². The molecule has 2 heterocycles. The molecule has 1 aliphatic heterocycles. The van der Waals surface area contributed by atoms with Gasteiger partial charge in [-0.15, -0.1) is 0 Å². The number of benzene rings is 2. The van der Waals surface area contributed by atoms with Crippen LogP contribution in [-0.2, 0) is 14.6 Å². The number of carbonyl (C=O) groups is 1. The van der Waals surface area contributed by atoms with Gasteiger partial charge in [0.15, 0.2) is 9.84 Å². The smallest absolute Gasteiger partial charge is 0.238 e. The average Bonchev–Trinajstić information content (AvgIpc) is 3.16. The van der Waals surface area contributed by atoms with E-state index in [0.717, 1.165) is 17.4 Å². The molecule has 0 radical (unpaired) electrons. The summed E-state index contributed by atoms with van der Waals surface area (Å²) >= 11 is 0.964. The van der Waals surface area contributed by atoms with E-state index < -0.39 is 15.6 Å². The number of nitrogens with zero attached hydrogens (tertiary/aromatic N) is 4. The van der Waals surface area contributed by atoms with Gasteiger partial charge in [-0.2, -0.15) is 8.75 Å². The van der Waals surface area contributed by atoms with Crippen molar-refractivity contribution in [3.63, 3.8) is 0 Å². The van der Waals surface area contributed by atoms with Crippen LogP contribution < -0.4 is 4.90 Å². The van der Waals surface area contributed by atoms with E-state index in [1.165, 1.54) is 11.6 Å². The Bertz CT molecular complexity index is 1160. The molecule has 7 nitrogen and oxygen atoms in total. The summed E-state index contributed by atoms with van der Waals surface area (Å²) in [6, 6.07) is 13.2. The number of aromatic nitrogens is 2. The van der Waals surface area contributed by atoms with E-state index in [1.54, 1.807) is 17.0 Å². The molecule has 0 bridgehead atoms. The molecule has 152 valence electrons. The molecule has 1 saturated heterocycles. The summed E-state index contributed by atoms with van der Waals surface area (Å²) in [5.74, 6) is -0.929. The van der Waals surface area contributed by atoms with Crippen molar-refractivity contribution in [2.24, 2.45) is 0 Å². The Morgan fingerprint density at radius 3 is 2.72 bits per heavy atom. The van der Waals surface area contributed by atoms with Gasteiger partial charge in [0.2, 0.25) is 5.91 Å². The third-order valence-electron chi connectivity index (χ3n) is 5.21. The number of hydrogen-bond donors (Lipinski definition) is 0. The topological polar surface area (TPSA) is 83.5 Å². The molecule has 1 fully saturated rings. The van der Waals surface area contributed by atoms with Gasteiger partial charge in [-0.05, 0) is 43.7 Å². The monoisotopic (exact) mass is 430 g/mol. The SMILES string of the molecule is Cc1cccc(N2CCN(C(=O)CS(=O)(=O)c3cccc4nsnc34)C[C@@H]2C)c1. The number of rotatable bonds is 4. The van der Waals surface area contributed by atoms with Crippen LogP contribution in [-0.4, -0.2) is 59.4 Å². The van der Waals surface area contributed by atoms with Crippen molar-refractivity contribution >= 4 is 44.2 Å². The number of amides is 1.